The minimum Gasteiger partial charge on any atom is -0.716 e. The number of benzene rings is 2. The van der Waals surface area contributed by atoms with E-state index in [0.29, 0.717) is 11.3 Å². The van der Waals surface area contributed by atoms with Crippen LogP contribution in [0.5, 0.6) is 5.75 Å². The first kappa shape index (κ1) is 17.7. The maximum Gasteiger partial charge on any atom is 1.00 e. The molecule has 104 valence electrons. The van der Waals surface area contributed by atoms with Crippen molar-refractivity contribution in [3.63, 3.8) is 0 Å². The number of nitrogens with two attached hydrogens (primary N) is 1. The molecule has 0 saturated heterocycles. The number of nitrogen functional groups attached to an aromatic ring is 1. The maximum atomic E-state index is 10.6. The van der Waals surface area contributed by atoms with E-state index in [2.05, 4.69) is 4.18 Å². The Morgan fingerprint density at radius 1 is 1.00 bits per heavy atom. The fourth-order valence-corrected chi connectivity index (χ4v) is 1.97. The van der Waals surface area contributed by atoms with E-state index in [4.69, 9.17) is 5.73 Å². The second-order valence-electron chi connectivity index (χ2n) is 4.03. The van der Waals surface area contributed by atoms with Crippen LogP contribution < -0.4 is 39.5 Å². The molecule has 7 heteroatoms. The van der Waals surface area contributed by atoms with Gasteiger partial charge in [0.1, 0.15) is 5.75 Å². The topological polar surface area (TPSA) is 92.5 Å². The first-order valence-corrected chi connectivity index (χ1v) is 7.05. The molecule has 0 spiro atoms. The van der Waals surface area contributed by atoms with Gasteiger partial charge < -0.3 is 14.5 Å². The van der Waals surface area contributed by atoms with E-state index in [9.17, 15) is 13.0 Å². The molecule has 5 nitrogen and oxygen atoms in total. The molecule has 2 N–H and O–H groups in total. The average Bonchev–Trinajstić information content (AvgIpc) is 2.38. The largest absolute Gasteiger partial charge is 1.00 e. The molecule has 0 heterocycles. The fraction of sp³-hybridized carbons (Fsp3) is 0. The van der Waals surface area contributed by atoms with Crippen molar-refractivity contribution in [1.29, 1.82) is 0 Å². The SMILES string of the molecule is Nc1ccc(C=Cc2ccccc2OS(=O)(=O)[O-])cc1.[Na+]. The van der Waals surface area contributed by atoms with E-state index in [-0.39, 0.29) is 35.3 Å². The van der Waals surface area contributed by atoms with Gasteiger partial charge in [-0.1, -0.05) is 42.5 Å². The third-order valence-electron chi connectivity index (χ3n) is 2.50. The normalized spacial score (nSPS) is 11.1. The Morgan fingerprint density at radius 3 is 2.24 bits per heavy atom. The van der Waals surface area contributed by atoms with E-state index < -0.39 is 10.4 Å². The first-order valence-electron chi connectivity index (χ1n) is 5.72. The van der Waals surface area contributed by atoms with Crippen LogP contribution in [-0.4, -0.2) is 13.0 Å². The molecule has 0 saturated carbocycles. The van der Waals surface area contributed by atoms with Gasteiger partial charge in [0.05, 0.1) is 0 Å². The smallest absolute Gasteiger partial charge is 0.716 e. The van der Waals surface area contributed by atoms with E-state index in [1.54, 1.807) is 42.5 Å². The third kappa shape index (κ3) is 5.91. The summed E-state index contributed by atoms with van der Waals surface area (Å²) in [5.74, 6) is -0.00537. The zero-order valence-corrected chi connectivity index (χ0v) is 14.2. The van der Waals surface area contributed by atoms with Gasteiger partial charge in [-0.3, -0.25) is 0 Å². The van der Waals surface area contributed by atoms with Crippen molar-refractivity contribution in [2.24, 2.45) is 0 Å². The quantitative estimate of drug-likeness (QED) is 0.264. The molecule has 21 heavy (non-hydrogen) atoms. The first-order chi connectivity index (χ1) is 9.44. The Kier molecular flexibility index (Phi) is 6.44. The van der Waals surface area contributed by atoms with Gasteiger partial charge in [0.25, 0.3) is 10.4 Å². The zero-order chi connectivity index (χ0) is 14.6. The summed E-state index contributed by atoms with van der Waals surface area (Å²) in [5, 5.41) is 0. The molecule has 2 rings (SSSR count). The fourth-order valence-electron chi connectivity index (χ4n) is 1.60. The number of anilines is 1. The average molecular weight is 313 g/mol. The van der Waals surface area contributed by atoms with E-state index in [0.717, 1.165) is 5.56 Å². The van der Waals surface area contributed by atoms with Crippen LogP contribution in [0.3, 0.4) is 0 Å². The van der Waals surface area contributed by atoms with E-state index in [1.807, 2.05) is 12.1 Å². The molecular weight excluding hydrogens is 301 g/mol. The Morgan fingerprint density at radius 2 is 1.62 bits per heavy atom. The molecule has 0 bridgehead atoms. The van der Waals surface area contributed by atoms with Crippen molar-refractivity contribution in [2.75, 3.05) is 5.73 Å². The van der Waals surface area contributed by atoms with Crippen LogP contribution in [0.25, 0.3) is 12.2 Å². The maximum absolute atomic E-state index is 10.6. The Bertz CT molecular complexity index is 727. The van der Waals surface area contributed by atoms with Crippen molar-refractivity contribution in [3.05, 3.63) is 59.7 Å². The molecule has 0 radical (unpaired) electrons. The number of para-hydroxylation sites is 1. The Hall–Kier alpha value is -1.31. The van der Waals surface area contributed by atoms with E-state index >= 15 is 0 Å². The van der Waals surface area contributed by atoms with Gasteiger partial charge in [0.15, 0.2) is 0 Å². The Balaban J connectivity index is 0.00000220. The summed E-state index contributed by atoms with van der Waals surface area (Å²) >= 11 is 0. The van der Waals surface area contributed by atoms with Gasteiger partial charge in [-0.2, -0.15) is 0 Å². The van der Waals surface area contributed by atoms with Gasteiger partial charge >= 0.3 is 29.6 Å². The van der Waals surface area contributed by atoms with Crippen LogP contribution in [0.4, 0.5) is 5.69 Å². The van der Waals surface area contributed by atoms with Crippen LogP contribution in [0, 0.1) is 0 Å². The van der Waals surface area contributed by atoms with Crippen molar-refractivity contribution in [1.82, 2.24) is 0 Å². The van der Waals surface area contributed by atoms with Crippen molar-refractivity contribution < 1.29 is 46.7 Å². The van der Waals surface area contributed by atoms with Crippen LogP contribution in [0.2, 0.25) is 0 Å². The molecule has 0 unspecified atom stereocenters. The summed E-state index contributed by atoms with van der Waals surface area (Å²) in [7, 11) is -4.79. The number of hydrogen-bond donors (Lipinski definition) is 1. The summed E-state index contributed by atoms with van der Waals surface area (Å²) in [6.07, 6.45) is 3.42. The summed E-state index contributed by atoms with van der Waals surface area (Å²) < 4.78 is 36.3. The van der Waals surface area contributed by atoms with Crippen molar-refractivity contribution in [2.45, 2.75) is 0 Å². The molecule has 0 fully saturated rings. The van der Waals surface area contributed by atoms with Crippen molar-refractivity contribution in [3.8, 4) is 5.75 Å². The second kappa shape index (κ2) is 7.63. The third-order valence-corrected chi connectivity index (χ3v) is 2.89. The van der Waals surface area contributed by atoms with Crippen LogP contribution in [0.1, 0.15) is 11.1 Å². The standard InChI is InChI=1S/C14H13NO4S.Na/c15-13-9-6-11(7-10-13)5-8-12-3-1-2-4-14(12)19-20(16,17)18;/h1-10H,15H2,(H,16,17,18);/q;+1/p-1. The molecule has 0 amide bonds. The van der Waals surface area contributed by atoms with Gasteiger partial charge in [0.2, 0.25) is 0 Å². The minimum atomic E-state index is -4.79. The molecule has 0 aromatic heterocycles. The summed E-state index contributed by atoms with van der Waals surface area (Å²) in [6.45, 7) is 0. The van der Waals surface area contributed by atoms with Gasteiger partial charge in [-0.05, 0) is 23.8 Å². The molecule has 0 aliphatic rings. The molecule has 2 aromatic carbocycles. The van der Waals surface area contributed by atoms with Crippen LogP contribution in [-0.2, 0) is 10.4 Å². The Labute approximate surface area is 145 Å². The second-order valence-corrected chi connectivity index (χ2v) is 5.01. The molecule has 0 atom stereocenters. The number of rotatable bonds is 4. The summed E-state index contributed by atoms with van der Waals surface area (Å²) in [6, 6.07) is 13.5. The van der Waals surface area contributed by atoms with Gasteiger partial charge in [-0.15, -0.1) is 0 Å². The van der Waals surface area contributed by atoms with E-state index in [1.165, 1.54) is 6.07 Å². The van der Waals surface area contributed by atoms with Crippen molar-refractivity contribution >= 4 is 28.2 Å². The molecule has 0 aliphatic carbocycles. The zero-order valence-electron chi connectivity index (χ0n) is 11.4. The summed E-state index contributed by atoms with van der Waals surface area (Å²) in [4.78, 5) is 0. The van der Waals surface area contributed by atoms with Gasteiger partial charge in [-0.25, -0.2) is 8.42 Å². The predicted molar refractivity (Wildman–Crippen MR) is 76.5 cm³/mol. The van der Waals surface area contributed by atoms with Crippen LogP contribution in [0.15, 0.2) is 48.5 Å². The molecular formula is C14H12NNaO4S. The molecule has 2 aromatic rings. The minimum absolute atomic E-state index is 0. The van der Waals surface area contributed by atoms with Gasteiger partial charge in [0, 0.05) is 11.3 Å². The van der Waals surface area contributed by atoms with Crippen LogP contribution >= 0.6 is 0 Å². The summed E-state index contributed by atoms with van der Waals surface area (Å²) in [5.41, 5.74) is 7.62. The molecule has 0 aliphatic heterocycles. The number of hydrogen-bond acceptors (Lipinski definition) is 5. The monoisotopic (exact) mass is 313 g/mol. The predicted octanol–water partition coefficient (Wildman–Crippen LogP) is -0.718.